The van der Waals surface area contributed by atoms with Crippen molar-refractivity contribution in [3.8, 4) is 0 Å². The molecule has 1 aromatic rings. The molecular weight excluding hydrogens is 330 g/mol. The van der Waals surface area contributed by atoms with Crippen molar-refractivity contribution in [1.82, 2.24) is 10.3 Å². The summed E-state index contributed by atoms with van der Waals surface area (Å²) in [6.07, 6.45) is 2.61. The van der Waals surface area contributed by atoms with E-state index in [1.165, 1.54) is 24.5 Å². The summed E-state index contributed by atoms with van der Waals surface area (Å²) in [4.78, 5) is 28.4. The van der Waals surface area contributed by atoms with Crippen molar-refractivity contribution in [2.24, 2.45) is 10.3 Å². The van der Waals surface area contributed by atoms with E-state index in [9.17, 15) is 13.8 Å². The Labute approximate surface area is 144 Å². The van der Waals surface area contributed by atoms with E-state index in [1.807, 2.05) is 13.8 Å². The predicted octanol–water partition coefficient (Wildman–Crippen LogP) is 3.05. The van der Waals surface area contributed by atoms with Crippen molar-refractivity contribution < 1.29 is 18.5 Å². The molecule has 1 rings (SSSR count). The van der Waals surface area contributed by atoms with E-state index in [2.05, 4.69) is 14.7 Å². The molecule has 7 nitrogen and oxygen atoms in total. The lowest BCUT2D eigenvalue weighted by atomic mass is 10.0. The third-order valence-corrected chi connectivity index (χ3v) is 3.74. The summed E-state index contributed by atoms with van der Waals surface area (Å²) in [7, 11) is -1.84. The fourth-order valence-corrected chi connectivity index (χ4v) is 2.55. The van der Waals surface area contributed by atoms with E-state index >= 15 is 0 Å². The zero-order valence-corrected chi connectivity index (χ0v) is 15.4. The fourth-order valence-electron chi connectivity index (χ4n) is 1.80. The molecule has 0 radical (unpaired) electrons. The third kappa shape index (κ3) is 7.54. The maximum Gasteiger partial charge on any atom is 0.408 e. The Kier molecular flexibility index (Phi) is 7.34. The summed E-state index contributed by atoms with van der Waals surface area (Å²) in [5.41, 5.74) is -0.674. The van der Waals surface area contributed by atoms with E-state index in [1.54, 1.807) is 20.8 Å². The number of carbonyl (C=O) groups excluding carboxylic acids is 2. The van der Waals surface area contributed by atoms with Gasteiger partial charge in [-0.25, -0.2) is 4.79 Å². The number of alkyl carbamates (subject to hydrolysis) is 1. The number of carbonyl (C=O) groups is 2. The minimum Gasteiger partial charge on any atom is -0.444 e. The summed E-state index contributed by atoms with van der Waals surface area (Å²) in [5.74, 6) is -0.511. The van der Waals surface area contributed by atoms with Crippen molar-refractivity contribution in [3.05, 3.63) is 24.5 Å². The molecule has 0 saturated carbocycles. The molecule has 2 amide bonds. The smallest absolute Gasteiger partial charge is 0.408 e. The normalized spacial score (nSPS) is 14.2. The number of ether oxygens (including phenoxy) is 1. The number of amides is 2. The first-order valence-corrected chi connectivity index (χ1v) is 8.76. The van der Waals surface area contributed by atoms with Crippen molar-refractivity contribution in [2.45, 2.75) is 57.6 Å². The zero-order chi connectivity index (χ0) is 18.3. The van der Waals surface area contributed by atoms with Gasteiger partial charge in [0.05, 0.1) is 0 Å². The second-order valence-corrected chi connectivity index (χ2v) is 7.84. The summed E-state index contributed by atoms with van der Waals surface area (Å²) >= 11 is 0. The van der Waals surface area contributed by atoms with Crippen molar-refractivity contribution in [3.63, 3.8) is 0 Å². The molecule has 0 fully saturated rings. The van der Waals surface area contributed by atoms with Gasteiger partial charge in [-0.15, -0.1) is 0 Å². The number of hydrogen-bond acceptors (Lipinski definition) is 6. The average molecular weight is 354 g/mol. The first kappa shape index (κ1) is 20.1. The van der Waals surface area contributed by atoms with Crippen LogP contribution in [0.15, 0.2) is 33.8 Å². The Morgan fingerprint density at radius 3 is 2.38 bits per heavy atom. The van der Waals surface area contributed by atoms with Gasteiger partial charge < -0.3 is 18.6 Å². The predicted molar refractivity (Wildman–Crippen MR) is 90.6 cm³/mol. The first-order chi connectivity index (χ1) is 11.1. The standard InChI is InChI=1S/C16H24N3O4S/c1-11(2)10-13(18-15(21)23-16(3,4)5)14(20)19-24(22)12-6-8-17-9-7-12/h6-9,11,13H,10H2,1-5H3,(H,18,21)/q-1/t13-/m0/s1. The van der Waals surface area contributed by atoms with Crippen LogP contribution < -0.4 is 5.32 Å². The van der Waals surface area contributed by atoms with Crippen LogP contribution in [0.2, 0.25) is 0 Å². The van der Waals surface area contributed by atoms with Gasteiger partial charge in [0.25, 0.3) is 0 Å². The van der Waals surface area contributed by atoms with Gasteiger partial charge in [-0.3, -0.25) is 9.78 Å². The Morgan fingerprint density at radius 2 is 1.88 bits per heavy atom. The van der Waals surface area contributed by atoms with Crippen LogP contribution in [-0.2, 0) is 24.3 Å². The second-order valence-electron chi connectivity index (χ2n) is 6.69. The Bertz CT molecular complexity index is 647. The first-order valence-electron chi connectivity index (χ1n) is 7.65. The lowest BCUT2D eigenvalue weighted by Crippen LogP contribution is -2.43. The minimum atomic E-state index is -1.84. The van der Waals surface area contributed by atoms with Gasteiger partial charge in [0.2, 0.25) is 5.91 Å². The molecule has 0 saturated heterocycles. The SMILES string of the molecule is CC(C)C[C@H](NC(=O)OC(C)(C)C)C(=O)N=[S-](=O)c1ccncc1. The number of nitrogens with zero attached hydrogens (tertiary/aromatic N) is 2. The van der Waals surface area contributed by atoms with Crippen molar-refractivity contribution in [1.29, 1.82) is 0 Å². The molecule has 0 bridgehead atoms. The second kappa shape index (κ2) is 8.77. The highest BCUT2D eigenvalue weighted by Gasteiger charge is 2.24. The van der Waals surface area contributed by atoms with E-state index < -0.39 is 34.2 Å². The summed E-state index contributed by atoms with van der Waals surface area (Å²) in [6.45, 7) is 9.02. The van der Waals surface area contributed by atoms with E-state index in [0.29, 0.717) is 11.3 Å². The number of hydrogen-bond donors (Lipinski definition) is 1. The molecule has 1 atom stereocenters. The maximum absolute atomic E-state index is 12.3. The quantitative estimate of drug-likeness (QED) is 0.820. The fraction of sp³-hybridized carbons (Fsp3) is 0.562. The van der Waals surface area contributed by atoms with Crippen LogP contribution in [-0.4, -0.2) is 28.6 Å². The Hall–Kier alpha value is -1.96. The molecule has 24 heavy (non-hydrogen) atoms. The van der Waals surface area contributed by atoms with E-state index in [4.69, 9.17) is 4.74 Å². The molecule has 0 aliphatic carbocycles. The van der Waals surface area contributed by atoms with Crippen molar-refractivity contribution >= 4 is 22.6 Å². The minimum absolute atomic E-state index is 0.137. The maximum atomic E-state index is 12.3. The molecule has 8 heteroatoms. The lowest BCUT2D eigenvalue weighted by molar-refractivity contribution is -0.120. The Morgan fingerprint density at radius 1 is 1.29 bits per heavy atom. The van der Waals surface area contributed by atoms with E-state index in [0.717, 1.165) is 0 Å². The van der Waals surface area contributed by atoms with Crippen LogP contribution in [0.1, 0.15) is 41.0 Å². The highest BCUT2D eigenvalue weighted by atomic mass is 32.2. The van der Waals surface area contributed by atoms with Crippen LogP contribution >= 0.6 is 0 Å². The van der Waals surface area contributed by atoms with E-state index in [-0.39, 0.29) is 5.92 Å². The highest BCUT2D eigenvalue weighted by molar-refractivity contribution is 7.75. The van der Waals surface area contributed by atoms with Crippen LogP contribution in [0, 0.1) is 5.92 Å². The van der Waals surface area contributed by atoms with Crippen LogP contribution in [0.4, 0.5) is 4.79 Å². The van der Waals surface area contributed by atoms with Crippen LogP contribution in [0.3, 0.4) is 0 Å². The van der Waals surface area contributed by atoms with Gasteiger partial charge in [-0.05, 0) is 33.1 Å². The molecule has 0 spiro atoms. The van der Waals surface area contributed by atoms with Crippen LogP contribution in [0.5, 0.6) is 0 Å². The topological polar surface area (TPSA) is 97.7 Å². The van der Waals surface area contributed by atoms with Crippen molar-refractivity contribution in [2.75, 3.05) is 0 Å². The lowest BCUT2D eigenvalue weighted by Gasteiger charge is -2.23. The molecule has 0 aromatic carbocycles. The van der Waals surface area contributed by atoms with Crippen LogP contribution in [0.25, 0.3) is 0 Å². The average Bonchev–Trinajstić information content (AvgIpc) is 2.44. The molecule has 1 N–H and O–H groups in total. The number of nitrogens with one attached hydrogen (secondary N) is 1. The van der Waals surface area contributed by atoms with Gasteiger partial charge in [0.1, 0.15) is 11.6 Å². The Balaban J connectivity index is 2.89. The molecule has 134 valence electrons. The summed E-state index contributed by atoms with van der Waals surface area (Å²) in [5, 5.41) is 2.51. The molecule has 0 unspecified atom stereocenters. The summed E-state index contributed by atoms with van der Waals surface area (Å²) in [6, 6.07) is 2.16. The number of pyridine rings is 1. The zero-order valence-electron chi connectivity index (χ0n) is 14.6. The van der Waals surface area contributed by atoms with Gasteiger partial charge in [0, 0.05) is 12.4 Å². The molecule has 0 aliphatic rings. The molecular formula is C16H24N3O4S-. The summed E-state index contributed by atoms with van der Waals surface area (Å²) < 4.78 is 21.0. The largest absolute Gasteiger partial charge is 0.444 e. The monoisotopic (exact) mass is 354 g/mol. The number of rotatable bonds is 5. The molecule has 1 aromatic heterocycles. The van der Waals surface area contributed by atoms with Gasteiger partial charge in [0.15, 0.2) is 0 Å². The molecule has 0 aliphatic heterocycles. The third-order valence-electron chi connectivity index (χ3n) is 2.72. The molecule has 1 heterocycles. The van der Waals surface area contributed by atoms with Gasteiger partial charge in [-0.1, -0.05) is 30.9 Å². The number of aromatic nitrogens is 1. The highest BCUT2D eigenvalue weighted by Crippen LogP contribution is 2.11. The van der Waals surface area contributed by atoms with Gasteiger partial charge >= 0.3 is 6.09 Å². The van der Waals surface area contributed by atoms with Gasteiger partial charge in [-0.2, -0.15) is 10.6 Å².